The molecule has 0 aliphatic carbocycles. The highest BCUT2D eigenvalue weighted by molar-refractivity contribution is 5.77. The third kappa shape index (κ3) is 3.51. The topological polar surface area (TPSA) is 82.8 Å². The van der Waals surface area contributed by atoms with Gasteiger partial charge in [0, 0.05) is 25.2 Å². The van der Waals surface area contributed by atoms with Crippen molar-refractivity contribution in [3.8, 4) is 11.5 Å². The number of carbonyl (C=O) groups excluding carboxylic acids is 1. The van der Waals surface area contributed by atoms with E-state index in [1.807, 2.05) is 18.2 Å². The predicted molar refractivity (Wildman–Crippen MR) is 83.3 cm³/mol. The first-order valence-corrected chi connectivity index (χ1v) is 7.42. The predicted octanol–water partition coefficient (Wildman–Crippen LogP) is 0.827. The summed E-state index contributed by atoms with van der Waals surface area (Å²) < 4.78 is 16.2. The molecule has 0 unspecified atom stereocenters. The summed E-state index contributed by atoms with van der Waals surface area (Å²) >= 11 is 0. The zero-order valence-corrected chi connectivity index (χ0v) is 13.2. The number of carbonyl (C=O) groups is 1. The van der Waals surface area contributed by atoms with Crippen molar-refractivity contribution in [1.29, 1.82) is 0 Å². The van der Waals surface area contributed by atoms with Gasteiger partial charge in [0.1, 0.15) is 0 Å². The average Bonchev–Trinajstić information content (AvgIpc) is 2.59. The van der Waals surface area contributed by atoms with Crippen LogP contribution in [0.1, 0.15) is 18.4 Å². The molecule has 6 heteroatoms. The highest BCUT2D eigenvalue weighted by Crippen LogP contribution is 2.38. The number of hydrogen-bond donors (Lipinski definition) is 2. The highest BCUT2D eigenvalue weighted by atomic mass is 16.5. The zero-order chi connectivity index (χ0) is 16.0. The van der Waals surface area contributed by atoms with E-state index in [0.29, 0.717) is 31.3 Å². The van der Waals surface area contributed by atoms with Gasteiger partial charge in [0.25, 0.3) is 0 Å². The van der Waals surface area contributed by atoms with E-state index in [0.717, 1.165) is 18.4 Å². The molecule has 1 aromatic carbocycles. The maximum atomic E-state index is 11.5. The van der Waals surface area contributed by atoms with Gasteiger partial charge in [-0.15, -0.1) is 0 Å². The van der Waals surface area contributed by atoms with E-state index < -0.39 is 0 Å². The monoisotopic (exact) mass is 308 g/mol. The summed E-state index contributed by atoms with van der Waals surface area (Å²) in [5.74, 6) is 1.24. The fraction of sp³-hybridized carbons (Fsp3) is 0.562. The third-order valence-electron chi connectivity index (χ3n) is 4.26. The normalized spacial score (nSPS) is 16.9. The maximum absolute atomic E-state index is 11.5. The van der Waals surface area contributed by atoms with Crippen molar-refractivity contribution < 1.29 is 19.0 Å². The summed E-state index contributed by atoms with van der Waals surface area (Å²) in [5, 5.41) is 2.92. The minimum Gasteiger partial charge on any atom is -0.493 e. The van der Waals surface area contributed by atoms with Crippen LogP contribution in [0.25, 0.3) is 0 Å². The Morgan fingerprint density at radius 1 is 1.27 bits per heavy atom. The van der Waals surface area contributed by atoms with E-state index in [4.69, 9.17) is 19.9 Å². The molecule has 1 heterocycles. The second-order valence-electron chi connectivity index (χ2n) is 5.44. The first-order valence-electron chi connectivity index (χ1n) is 7.42. The molecule has 0 bridgehead atoms. The maximum Gasteiger partial charge on any atom is 0.233 e. The molecule has 0 radical (unpaired) electrons. The molecule has 2 rings (SSSR count). The van der Waals surface area contributed by atoms with Crippen molar-refractivity contribution in [3.05, 3.63) is 23.8 Å². The number of rotatable bonds is 6. The molecule has 1 aliphatic heterocycles. The lowest BCUT2D eigenvalue weighted by atomic mass is 9.74. The molecule has 0 saturated carbocycles. The van der Waals surface area contributed by atoms with Crippen LogP contribution in [-0.4, -0.2) is 46.4 Å². The summed E-state index contributed by atoms with van der Waals surface area (Å²) in [6.45, 7) is 1.89. The van der Waals surface area contributed by atoms with Gasteiger partial charge in [0.05, 0.1) is 20.8 Å². The van der Waals surface area contributed by atoms with Gasteiger partial charge in [0.15, 0.2) is 11.5 Å². The van der Waals surface area contributed by atoms with Crippen molar-refractivity contribution >= 4 is 5.91 Å². The molecule has 6 nitrogen and oxygen atoms in total. The molecule has 3 N–H and O–H groups in total. The summed E-state index contributed by atoms with van der Waals surface area (Å²) in [7, 11) is 3.23. The highest BCUT2D eigenvalue weighted by Gasteiger charge is 2.35. The van der Waals surface area contributed by atoms with Crippen LogP contribution < -0.4 is 20.5 Å². The van der Waals surface area contributed by atoms with Crippen LogP contribution >= 0.6 is 0 Å². The number of methoxy groups -OCH3 is 2. The lowest BCUT2D eigenvalue weighted by molar-refractivity contribution is -0.120. The molecule has 0 atom stereocenters. The Morgan fingerprint density at radius 2 is 1.95 bits per heavy atom. The van der Waals surface area contributed by atoms with Crippen LogP contribution in [0.2, 0.25) is 0 Å². The molecule has 122 valence electrons. The first kappa shape index (κ1) is 16.6. The van der Waals surface area contributed by atoms with E-state index in [2.05, 4.69) is 5.32 Å². The fourth-order valence-electron chi connectivity index (χ4n) is 2.84. The first-order chi connectivity index (χ1) is 10.6. The minimum absolute atomic E-state index is 0.00147. The molecule has 22 heavy (non-hydrogen) atoms. The lowest BCUT2D eigenvalue weighted by Crippen LogP contribution is -2.46. The van der Waals surface area contributed by atoms with Crippen molar-refractivity contribution in [2.75, 3.05) is 40.5 Å². The van der Waals surface area contributed by atoms with Gasteiger partial charge in [0.2, 0.25) is 5.91 Å². The SMILES string of the molecule is COc1ccc(C2(CNC(=O)CN)CCOCC2)cc1OC. The second kappa shape index (κ2) is 7.47. The molecule has 0 spiro atoms. The molecule has 1 saturated heterocycles. The number of ether oxygens (including phenoxy) is 3. The number of benzene rings is 1. The third-order valence-corrected chi connectivity index (χ3v) is 4.26. The largest absolute Gasteiger partial charge is 0.493 e. The molecular weight excluding hydrogens is 284 g/mol. The van der Waals surface area contributed by atoms with Crippen molar-refractivity contribution in [2.45, 2.75) is 18.3 Å². The van der Waals surface area contributed by atoms with Gasteiger partial charge in [-0.2, -0.15) is 0 Å². The molecule has 1 aliphatic rings. The number of nitrogens with one attached hydrogen (secondary N) is 1. The standard InChI is InChI=1S/C16H24N2O4/c1-20-13-4-3-12(9-14(13)21-2)16(5-7-22-8-6-16)11-18-15(19)10-17/h3-4,9H,5-8,10-11,17H2,1-2H3,(H,18,19). The van der Waals surface area contributed by atoms with Gasteiger partial charge >= 0.3 is 0 Å². The number of amides is 1. The van der Waals surface area contributed by atoms with Crippen molar-refractivity contribution in [3.63, 3.8) is 0 Å². The van der Waals surface area contributed by atoms with Crippen LogP contribution in [-0.2, 0) is 14.9 Å². The van der Waals surface area contributed by atoms with E-state index in [1.54, 1.807) is 14.2 Å². The Balaban J connectivity index is 2.30. The Hall–Kier alpha value is -1.79. The van der Waals surface area contributed by atoms with Gasteiger partial charge in [-0.25, -0.2) is 0 Å². The summed E-state index contributed by atoms with van der Waals surface area (Å²) in [6, 6.07) is 5.91. The molecule has 1 fully saturated rings. The van der Waals surface area contributed by atoms with Crippen LogP contribution in [0.15, 0.2) is 18.2 Å². The van der Waals surface area contributed by atoms with Gasteiger partial charge in [-0.05, 0) is 30.5 Å². The van der Waals surface area contributed by atoms with Crippen LogP contribution in [0, 0.1) is 0 Å². The van der Waals surface area contributed by atoms with Crippen LogP contribution in [0.4, 0.5) is 0 Å². The Labute approximate surface area is 130 Å². The Bertz CT molecular complexity index is 513. The Morgan fingerprint density at radius 3 is 2.55 bits per heavy atom. The van der Waals surface area contributed by atoms with Crippen molar-refractivity contribution in [1.82, 2.24) is 5.32 Å². The summed E-state index contributed by atoms with van der Waals surface area (Å²) in [5.41, 5.74) is 6.33. The molecular formula is C16H24N2O4. The quantitative estimate of drug-likeness (QED) is 0.813. The van der Waals surface area contributed by atoms with Gasteiger partial charge < -0.3 is 25.3 Å². The molecule has 0 aromatic heterocycles. The van der Waals surface area contributed by atoms with E-state index in [9.17, 15) is 4.79 Å². The van der Waals surface area contributed by atoms with Crippen LogP contribution in [0.5, 0.6) is 11.5 Å². The summed E-state index contributed by atoms with van der Waals surface area (Å²) in [4.78, 5) is 11.5. The summed E-state index contributed by atoms with van der Waals surface area (Å²) in [6.07, 6.45) is 1.68. The van der Waals surface area contributed by atoms with Crippen LogP contribution in [0.3, 0.4) is 0 Å². The average molecular weight is 308 g/mol. The lowest BCUT2D eigenvalue weighted by Gasteiger charge is -2.38. The zero-order valence-electron chi connectivity index (χ0n) is 13.2. The second-order valence-corrected chi connectivity index (χ2v) is 5.44. The van der Waals surface area contributed by atoms with Crippen molar-refractivity contribution in [2.24, 2.45) is 5.73 Å². The van der Waals surface area contributed by atoms with E-state index in [-0.39, 0.29) is 17.9 Å². The van der Waals surface area contributed by atoms with Gasteiger partial charge in [-0.3, -0.25) is 4.79 Å². The van der Waals surface area contributed by atoms with E-state index in [1.165, 1.54) is 0 Å². The fourth-order valence-corrected chi connectivity index (χ4v) is 2.84. The number of hydrogen-bond acceptors (Lipinski definition) is 5. The molecule has 1 amide bonds. The molecule has 1 aromatic rings. The van der Waals surface area contributed by atoms with E-state index >= 15 is 0 Å². The number of nitrogens with two attached hydrogens (primary N) is 1. The Kier molecular flexibility index (Phi) is 5.63. The van der Waals surface area contributed by atoms with Gasteiger partial charge in [-0.1, -0.05) is 6.07 Å². The minimum atomic E-state index is -0.164. The smallest absolute Gasteiger partial charge is 0.233 e.